The van der Waals surface area contributed by atoms with Gasteiger partial charge in [-0.05, 0) is 41.2 Å². The normalized spacial score (nSPS) is 11.3. The molecule has 0 saturated carbocycles. The zero-order valence-electron chi connectivity index (χ0n) is 27.8. The SMILES string of the molecule is CCCCCCCCCCCCCCCCOc1ccc(CC(=O)Nc2ccc(C[n+]3ccsc3)cc2)cc1C(C)(C)C.[Br-]. The fourth-order valence-corrected chi connectivity index (χ4v) is 6.12. The van der Waals surface area contributed by atoms with Crippen LogP contribution in [-0.2, 0) is 23.2 Å². The first-order valence-electron chi connectivity index (χ1n) is 16.9. The molecule has 3 rings (SSSR count). The highest BCUT2D eigenvalue weighted by atomic mass is 79.9. The summed E-state index contributed by atoms with van der Waals surface area (Å²) in [5.41, 5.74) is 6.25. The van der Waals surface area contributed by atoms with Crippen LogP contribution in [0.25, 0.3) is 0 Å². The predicted octanol–water partition coefficient (Wildman–Crippen LogP) is 7.43. The van der Waals surface area contributed by atoms with Gasteiger partial charge in [-0.25, -0.2) is 0 Å². The lowest BCUT2D eigenvalue weighted by molar-refractivity contribution is -0.683. The molecule has 0 spiro atoms. The van der Waals surface area contributed by atoms with Crippen molar-refractivity contribution in [1.29, 1.82) is 0 Å². The number of rotatable bonds is 21. The highest BCUT2D eigenvalue weighted by Crippen LogP contribution is 2.32. The Bertz CT molecular complexity index is 1170. The van der Waals surface area contributed by atoms with Gasteiger partial charge >= 0.3 is 0 Å². The molecule has 0 radical (unpaired) electrons. The summed E-state index contributed by atoms with van der Waals surface area (Å²) in [7, 11) is 0. The minimum absolute atomic E-state index is 0. The average molecular weight is 686 g/mol. The second-order valence-electron chi connectivity index (χ2n) is 13.1. The summed E-state index contributed by atoms with van der Waals surface area (Å²) in [6, 6.07) is 14.4. The molecule has 44 heavy (non-hydrogen) atoms. The Morgan fingerprint density at radius 1 is 0.795 bits per heavy atom. The molecule has 244 valence electrons. The number of thiazole rings is 1. The molecule has 0 saturated heterocycles. The zero-order chi connectivity index (χ0) is 30.8. The van der Waals surface area contributed by atoms with E-state index < -0.39 is 0 Å². The van der Waals surface area contributed by atoms with E-state index in [0.29, 0.717) is 6.42 Å². The van der Waals surface area contributed by atoms with E-state index in [1.54, 1.807) is 11.3 Å². The first kappa shape index (κ1) is 38.0. The number of nitrogens with one attached hydrogen (secondary N) is 1. The number of anilines is 1. The molecule has 4 nitrogen and oxygen atoms in total. The maximum absolute atomic E-state index is 12.9. The molecule has 0 aliphatic rings. The fourth-order valence-electron chi connectivity index (χ4n) is 5.52. The molecule has 3 aromatic rings. The van der Waals surface area contributed by atoms with Crippen LogP contribution in [0.3, 0.4) is 0 Å². The van der Waals surface area contributed by atoms with Crippen molar-refractivity contribution in [1.82, 2.24) is 0 Å². The Morgan fingerprint density at radius 2 is 1.36 bits per heavy atom. The van der Waals surface area contributed by atoms with Crippen LogP contribution in [0, 0.1) is 0 Å². The number of aromatic nitrogens is 1. The van der Waals surface area contributed by atoms with Crippen LogP contribution in [0.2, 0.25) is 0 Å². The number of ether oxygens (including phenoxy) is 1. The summed E-state index contributed by atoms with van der Waals surface area (Å²) >= 11 is 1.68. The number of hydrogen-bond donors (Lipinski definition) is 1. The standard InChI is InChI=1S/C38H56N2O2S.BrH/c1-5-6-7-8-9-10-11-12-13-14-15-16-17-18-26-42-36-24-21-33(28-35(36)38(2,3)4)29-37(41)39-34-22-19-32(20-23-34)30-40-25-27-43-31-40;/h19-25,27-28,31H,5-18,26,29-30H2,1-4H3;1H. The molecule has 1 N–H and O–H groups in total. The van der Waals surface area contributed by atoms with Crippen molar-refractivity contribution in [3.8, 4) is 5.75 Å². The van der Waals surface area contributed by atoms with Crippen molar-refractivity contribution >= 4 is 22.9 Å². The van der Waals surface area contributed by atoms with Gasteiger partial charge in [0.1, 0.15) is 5.75 Å². The summed E-state index contributed by atoms with van der Waals surface area (Å²) in [6.45, 7) is 10.5. The highest BCUT2D eigenvalue weighted by molar-refractivity contribution is 7.07. The van der Waals surface area contributed by atoms with E-state index in [9.17, 15) is 4.79 Å². The summed E-state index contributed by atoms with van der Waals surface area (Å²) in [5, 5.41) is 5.13. The zero-order valence-corrected chi connectivity index (χ0v) is 30.2. The summed E-state index contributed by atoms with van der Waals surface area (Å²) in [6.07, 6.45) is 21.4. The molecular formula is C38H57BrN2O2S. The van der Waals surface area contributed by atoms with Gasteiger partial charge in [0.25, 0.3) is 0 Å². The third-order valence-corrected chi connectivity index (χ3v) is 8.77. The lowest BCUT2D eigenvalue weighted by atomic mass is 9.85. The van der Waals surface area contributed by atoms with Crippen LogP contribution < -0.4 is 31.6 Å². The van der Waals surface area contributed by atoms with E-state index in [-0.39, 0.29) is 28.3 Å². The number of benzene rings is 2. The van der Waals surface area contributed by atoms with Crippen LogP contribution >= 0.6 is 11.3 Å². The first-order chi connectivity index (χ1) is 20.8. The molecule has 0 fully saturated rings. The largest absolute Gasteiger partial charge is 1.00 e. The van der Waals surface area contributed by atoms with Gasteiger partial charge in [0.05, 0.1) is 18.4 Å². The van der Waals surface area contributed by atoms with E-state index >= 15 is 0 Å². The lowest BCUT2D eigenvalue weighted by Gasteiger charge is -2.24. The molecule has 0 bridgehead atoms. The Labute approximate surface area is 282 Å². The summed E-state index contributed by atoms with van der Waals surface area (Å²) in [5.74, 6) is 0.946. The number of hydrogen-bond acceptors (Lipinski definition) is 3. The third-order valence-electron chi connectivity index (χ3n) is 8.10. The Balaban J connectivity index is 0.00000675. The number of amides is 1. The third kappa shape index (κ3) is 15.2. The van der Waals surface area contributed by atoms with Crippen molar-refractivity contribution in [2.75, 3.05) is 11.9 Å². The van der Waals surface area contributed by atoms with Gasteiger partial charge < -0.3 is 27.0 Å². The van der Waals surface area contributed by atoms with Crippen molar-refractivity contribution in [3.63, 3.8) is 0 Å². The van der Waals surface area contributed by atoms with Gasteiger partial charge in [-0.15, -0.1) is 0 Å². The molecule has 0 unspecified atom stereocenters. The summed E-state index contributed by atoms with van der Waals surface area (Å²) in [4.78, 5) is 12.9. The molecule has 1 aromatic heterocycles. The second kappa shape index (κ2) is 21.5. The van der Waals surface area contributed by atoms with E-state index in [1.807, 2.05) is 18.2 Å². The molecule has 6 heteroatoms. The number of carbonyl (C=O) groups is 1. The van der Waals surface area contributed by atoms with Gasteiger partial charge in [-0.3, -0.25) is 4.79 Å². The molecule has 1 amide bonds. The molecule has 2 aromatic carbocycles. The second-order valence-corrected chi connectivity index (χ2v) is 13.9. The van der Waals surface area contributed by atoms with Crippen molar-refractivity contribution < 1.29 is 31.1 Å². The van der Waals surface area contributed by atoms with Crippen molar-refractivity contribution in [2.24, 2.45) is 0 Å². The minimum Gasteiger partial charge on any atom is -1.00 e. The summed E-state index contributed by atoms with van der Waals surface area (Å²) < 4.78 is 8.42. The van der Waals surface area contributed by atoms with Crippen LogP contribution in [-0.4, -0.2) is 12.5 Å². The van der Waals surface area contributed by atoms with Gasteiger partial charge in [-0.1, -0.05) is 147 Å². The minimum atomic E-state index is -0.0619. The molecule has 1 heterocycles. The van der Waals surface area contributed by atoms with E-state index in [0.717, 1.165) is 36.6 Å². The monoisotopic (exact) mass is 684 g/mol. The van der Waals surface area contributed by atoms with Crippen LogP contribution in [0.5, 0.6) is 5.75 Å². The number of carbonyl (C=O) groups excluding carboxylic acids is 1. The van der Waals surface area contributed by atoms with Gasteiger partial charge in [0.15, 0.2) is 12.7 Å². The maximum atomic E-state index is 12.9. The van der Waals surface area contributed by atoms with E-state index in [1.165, 1.54) is 94.6 Å². The highest BCUT2D eigenvalue weighted by Gasteiger charge is 2.20. The lowest BCUT2D eigenvalue weighted by Crippen LogP contribution is -3.00. The van der Waals surface area contributed by atoms with E-state index in [2.05, 4.69) is 78.9 Å². The van der Waals surface area contributed by atoms with Crippen LogP contribution in [0.15, 0.2) is 59.6 Å². The predicted molar refractivity (Wildman–Crippen MR) is 183 cm³/mol. The number of unbranched alkanes of at least 4 members (excludes halogenated alkanes) is 13. The Kier molecular flexibility index (Phi) is 18.6. The number of halogens is 1. The van der Waals surface area contributed by atoms with E-state index in [4.69, 9.17) is 4.74 Å². The van der Waals surface area contributed by atoms with Gasteiger partial charge in [0, 0.05) is 11.3 Å². The maximum Gasteiger partial charge on any atom is 0.228 e. The fraction of sp³-hybridized carbons (Fsp3) is 0.579. The average Bonchev–Trinajstić information content (AvgIpc) is 3.49. The smallest absolute Gasteiger partial charge is 0.228 e. The van der Waals surface area contributed by atoms with Gasteiger partial charge in [-0.2, -0.15) is 4.57 Å². The molecular weight excluding hydrogens is 628 g/mol. The molecule has 0 atom stereocenters. The van der Waals surface area contributed by atoms with Crippen LogP contribution in [0.4, 0.5) is 5.69 Å². The molecule has 0 aliphatic heterocycles. The number of nitrogens with zero attached hydrogens (tertiary/aromatic N) is 1. The first-order valence-corrected chi connectivity index (χ1v) is 17.9. The molecule has 0 aliphatic carbocycles. The Morgan fingerprint density at radius 3 is 1.91 bits per heavy atom. The van der Waals surface area contributed by atoms with Gasteiger partial charge in [0.2, 0.25) is 11.4 Å². The van der Waals surface area contributed by atoms with Crippen molar-refractivity contribution in [2.45, 2.75) is 136 Å². The topological polar surface area (TPSA) is 42.2 Å². The quantitative estimate of drug-likeness (QED) is 0.0937. The Hall–Kier alpha value is -2.18. The van der Waals surface area contributed by atoms with Crippen molar-refractivity contribution in [3.05, 3.63) is 76.2 Å². The van der Waals surface area contributed by atoms with Crippen LogP contribution in [0.1, 0.15) is 134 Å².